The van der Waals surface area contributed by atoms with Crippen molar-refractivity contribution in [2.45, 2.75) is 30.7 Å². The Kier molecular flexibility index (Phi) is 5.12. The van der Waals surface area contributed by atoms with Crippen LogP contribution in [0.25, 0.3) is 0 Å². The highest BCUT2D eigenvalue weighted by Gasteiger charge is 2.37. The second-order valence-electron chi connectivity index (χ2n) is 5.10. The first-order chi connectivity index (χ1) is 9.73. The molecule has 21 heavy (non-hydrogen) atoms. The molecule has 1 heterocycles. The zero-order chi connectivity index (χ0) is 15.8. The molecule has 1 aromatic carbocycles. The van der Waals surface area contributed by atoms with E-state index in [0.717, 1.165) is 0 Å². The van der Waals surface area contributed by atoms with Crippen LogP contribution >= 0.6 is 31.9 Å². The Hall–Kier alpha value is -0.440. The summed E-state index contributed by atoms with van der Waals surface area (Å²) in [4.78, 5) is 11.2. The maximum Gasteiger partial charge on any atom is 0.306 e. The summed E-state index contributed by atoms with van der Waals surface area (Å²) in [6, 6.07) is 4.64. The van der Waals surface area contributed by atoms with E-state index in [1.165, 1.54) is 4.31 Å². The van der Waals surface area contributed by atoms with Crippen LogP contribution < -0.4 is 0 Å². The number of piperidine rings is 1. The Morgan fingerprint density at radius 1 is 1.38 bits per heavy atom. The fourth-order valence-electron chi connectivity index (χ4n) is 2.53. The van der Waals surface area contributed by atoms with E-state index < -0.39 is 21.9 Å². The second-order valence-corrected chi connectivity index (χ2v) is 8.73. The van der Waals surface area contributed by atoms with Gasteiger partial charge in [0.15, 0.2) is 0 Å². The van der Waals surface area contributed by atoms with Crippen LogP contribution in [0.1, 0.15) is 19.8 Å². The third kappa shape index (κ3) is 3.49. The number of carboxylic acid groups (broad SMARTS) is 1. The van der Waals surface area contributed by atoms with E-state index in [1.807, 2.05) is 0 Å². The molecule has 1 aliphatic heterocycles. The fraction of sp³-hybridized carbons (Fsp3) is 0.462. The molecule has 1 aromatic rings. The lowest BCUT2D eigenvalue weighted by molar-refractivity contribution is -0.143. The molecule has 8 heteroatoms. The van der Waals surface area contributed by atoms with Gasteiger partial charge in [-0.15, -0.1) is 0 Å². The molecule has 1 fully saturated rings. The largest absolute Gasteiger partial charge is 0.481 e. The highest BCUT2D eigenvalue weighted by molar-refractivity contribution is 9.11. The molecule has 0 aliphatic carbocycles. The third-order valence-corrected chi connectivity index (χ3v) is 7.15. The minimum absolute atomic E-state index is 0.192. The van der Waals surface area contributed by atoms with Crippen molar-refractivity contribution in [3.8, 4) is 0 Å². The second kappa shape index (κ2) is 6.36. The number of nitrogens with zero attached hydrogens (tertiary/aromatic N) is 1. The Bertz CT molecular complexity index is 662. The molecule has 0 saturated carbocycles. The first kappa shape index (κ1) is 16.9. The summed E-state index contributed by atoms with van der Waals surface area (Å²) >= 11 is 6.54. The van der Waals surface area contributed by atoms with Gasteiger partial charge in [0, 0.05) is 21.5 Å². The smallest absolute Gasteiger partial charge is 0.306 e. The van der Waals surface area contributed by atoms with E-state index in [2.05, 4.69) is 31.9 Å². The molecule has 1 saturated heterocycles. The van der Waals surface area contributed by atoms with Crippen molar-refractivity contribution < 1.29 is 18.3 Å². The molecule has 5 nitrogen and oxygen atoms in total. The van der Waals surface area contributed by atoms with E-state index in [4.69, 9.17) is 5.11 Å². The molecule has 2 unspecified atom stereocenters. The highest BCUT2D eigenvalue weighted by atomic mass is 79.9. The molecule has 0 bridgehead atoms. The number of hydrogen-bond donors (Lipinski definition) is 1. The lowest BCUT2D eigenvalue weighted by atomic mass is 9.93. The lowest BCUT2D eigenvalue weighted by Gasteiger charge is -2.35. The van der Waals surface area contributed by atoms with Gasteiger partial charge in [0.2, 0.25) is 10.0 Å². The monoisotopic (exact) mass is 439 g/mol. The van der Waals surface area contributed by atoms with Gasteiger partial charge in [-0.2, -0.15) is 4.31 Å². The van der Waals surface area contributed by atoms with Gasteiger partial charge < -0.3 is 5.11 Å². The van der Waals surface area contributed by atoms with Crippen molar-refractivity contribution in [1.29, 1.82) is 0 Å². The van der Waals surface area contributed by atoms with E-state index >= 15 is 0 Å². The zero-order valence-electron chi connectivity index (χ0n) is 11.3. The Labute approximate surface area is 140 Å². The number of halogens is 2. The number of aliphatic carboxylic acids is 1. The zero-order valence-corrected chi connectivity index (χ0v) is 15.3. The Morgan fingerprint density at radius 3 is 2.62 bits per heavy atom. The van der Waals surface area contributed by atoms with E-state index in [9.17, 15) is 13.2 Å². The van der Waals surface area contributed by atoms with Crippen molar-refractivity contribution in [2.24, 2.45) is 5.92 Å². The van der Waals surface area contributed by atoms with Gasteiger partial charge in [0.1, 0.15) is 0 Å². The maximum absolute atomic E-state index is 12.8. The number of sulfonamides is 1. The van der Waals surface area contributed by atoms with Crippen LogP contribution in [0.4, 0.5) is 0 Å². The van der Waals surface area contributed by atoms with Crippen LogP contribution in [0.3, 0.4) is 0 Å². The molecule has 1 N–H and O–H groups in total. The average molecular weight is 441 g/mol. The van der Waals surface area contributed by atoms with E-state index in [1.54, 1.807) is 25.1 Å². The van der Waals surface area contributed by atoms with Gasteiger partial charge in [-0.25, -0.2) is 8.42 Å². The molecule has 2 rings (SSSR count). The summed E-state index contributed by atoms with van der Waals surface area (Å²) in [5, 5.41) is 9.06. The number of carboxylic acids is 1. The minimum Gasteiger partial charge on any atom is -0.481 e. The standard InChI is InChI=1S/C13H15Br2NO4S/c1-8-6-9(13(17)18)4-5-16(8)21(19,20)12-7-10(14)2-3-11(12)15/h2-3,7-9H,4-6H2,1H3,(H,17,18). The molecule has 0 spiro atoms. The van der Waals surface area contributed by atoms with Gasteiger partial charge in [-0.3, -0.25) is 4.79 Å². The van der Waals surface area contributed by atoms with Gasteiger partial charge in [0.25, 0.3) is 0 Å². The summed E-state index contributed by atoms with van der Waals surface area (Å²) in [5.41, 5.74) is 0. The molecule has 1 aliphatic rings. The predicted octanol–water partition coefficient (Wildman–Crippen LogP) is 3.09. The average Bonchev–Trinajstić information content (AvgIpc) is 2.40. The molecule has 0 aromatic heterocycles. The molecular weight excluding hydrogens is 426 g/mol. The third-order valence-electron chi connectivity index (χ3n) is 3.64. The Morgan fingerprint density at radius 2 is 2.05 bits per heavy atom. The first-order valence-corrected chi connectivity index (χ1v) is 9.46. The van der Waals surface area contributed by atoms with Crippen molar-refractivity contribution in [1.82, 2.24) is 4.31 Å². The summed E-state index contributed by atoms with van der Waals surface area (Å²) in [7, 11) is -3.65. The fourth-order valence-corrected chi connectivity index (χ4v) is 5.65. The van der Waals surface area contributed by atoms with Gasteiger partial charge >= 0.3 is 5.97 Å². The van der Waals surface area contributed by atoms with Crippen LogP contribution in [0.5, 0.6) is 0 Å². The van der Waals surface area contributed by atoms with Crippen LogP contribution in [-0.4, -0.2) is 36.4 Å². The van der Waals surface area contributed by atoms with Crippen LogP contribution in [0.15, 0.2) is 32.0 Å². The predicted molar refractivity (Wildman–Crippen MR) is 85.6 cm³/mol. The summed E-state index contributed by atoms with van der Waals surface area (Å²) in [6.07, 6.45) is 0.671. The lowest BCUT2D eigenvalue weighted by Crippen LogP contribution is -2.46. The molecular formula is C13H15Br2NO4S. The quantitative estimate of drug-likeness (QED) is 0.783. The molecule has 0 amide bonds. The molecule has 0 radical (unpaired) electrons. The first-order valence-electron chi connectivity index (χ1n) is 6.43. The number of carbonyl (C=O) groups is 1. The van der Waals surface area contributed by atoms with Crippen LogP contribution in [-0.2, 0) is 14.8 Å². The van der Waals surface area contributed by atoms with Crippen molar-refractivity contribution >= 4 is 47.9 Å². The summed E-state index contributed by atoms with van der Waals surface area (Å²) in [5.74, 6) is -1.33. The number of hydrogen-bond acceptors (Lipinski definition) is 3. The SMILES string of the molecule is CC1CC(C(=O)O)CCN1S(=O)(=O)c1cc(Br)ccc1Br. The van der Waals surface area contributed by atoms with Crippen molar-refractivity contribution in [3.05, 3.63) is 27.1 Å². The number of benzene rings is 1. The van der Waals surface area contributed by atoms with Crippen LogP contribution in [0, 0.1) is 5.92 Å². The summed E-state index contributed by atoms with van der Waals surface area (Å²) < 4.78 is 28.1. The topological polar surface area (TPSA) is 74.7 Å². The van der Waals surface area contributed by atoms with E-state index in [0.29, 0.717) is 21.8 Å². The van der Waals surface area contributed by atoms with Gasteiger partial charge in [-0.1, -0.05) is 15.9 Å². The van der Waals surface area contributed by atoms with Crippen molar-refractivity contribution in [3.63, 3.8) is 0 Å². The minimum atomic E-state index is -3.65. The van der Waals surface area contributed by atoms with Crippen LogP contribution in [0.2, 0.25) is 0 Å². The van der Waals surface area contributed by atoms with Gasteiger partial charge in [0.05, 0.1) is 10.8 Å². The normalized spacial score (nSPS) is 24.0. The van der Waals surface area contributed by atoms with Crippen molar-refractivity contribution in [2.75, 3.05) is 6.54 Å². The molecule has 2 atom stereocenters. The number of rotatable bonds is 3. The summed E-state index contributed by atoms with van der Waals surface area (Å²) in [6.45, 7) is 1.97. The highest BCUT2D eigenvalue weighted by Crippen LogP contribution is 2.33. The maximum atomic E-state index is 12.8. The molecule has 116 valence electrons. The van der Waals surface area contributed by atoms with E-state index in [-0.39, 0.29) is 17.5 Å². The Balaban J connectivity index is 2.32. The van der Waals surface area contributed by atoms with Gasteiger partial charge in [-0.05, 0) is 53.9 Å².